The zero-order chi connectivity index (χ0) is 8.43. The fraction of sp³-hybridized carbons (Fsp3) is 0.143. The van der Waals surface area contributed by atoms with E-state index in [-0.39, 0.29) is 17.4 Å². The molecular formula is C7H6Cl2O2. The molecule has 0 saturated carbocycles. The van der Waals surface area contributed by atoms with Crippen molar-refractivity contribution in [1.29, 1.82) is 0 Å². The zero-order valence-electron chi connectivity index (χ0n) is 5.51. The molecule has 0 aliphatic rings. The molecule has 0 atom stereocenters. The van der Waals surface area contributed by atoms with Crippen LogP contribution in [0.1, 0.15) is 5.56 Å². The molecule has 2 N–H and O–H groups in total. The van der Waals surface area contributed by atoms with Crippen LogP contribution < -0.4 is 0 Å². The van der Waals surface area contributed by atoms with Gasteiger partial charge < -0.3 is 10.2 Å². The van der Waals surface area contributed by atoms with E-state index in [9.17, 15) is 0 Å². The number of rotatable bonds is 1. The zero-order valence-corrected chi connectivity index (χ0v) is 7.02. The maximum Gasteiger partial charge on any atom is 0.136 e. The molecule has 0 fully saturated rings. The number of benzene rings is 1. The normalized spacial score (nSPS) is 10.1. The van der Waals surface area contributed by atoms with Crippen LogP contribution in [-0.4, -0.2) is 10.2 Å². The van der Waals surface area contributed by atoms with E-state index in [2.05, 4.69) is 0 Å². The second-order valence-electron chi connectivity index (χ2n) is 2.06. The Morgan fingerprint density at radius 3 is 2.45 bits per heavy atom. The van der Waals surface area contributed by atoms with Crippen LogP contribution in [-0.2, 0) is 6.61 Å². The molecule has 60 valence electrons. The van der Waals surface area contributed by atoms with Gasteiger partial charge in [0, 0.05) is 16.7 Å². The van der Waals surface area contributed by atoms with Gasteiger partial charge in [0.2, 0.25) is 0 Å². The van der Waals surface area contributed by atoms with Gasteiger partial charge in [0.1, 0.15) is 5.75 Å². The Hall–Kier alpha value is -0.440. The standard InChI is InChI=1S/C7H6Cl2O2/c8-5-1-4(3-10)7(9)6(11)2-5/h1-2,10-11H,3H2. The molecule has 0 heterocycles. The summed E-state index contributed by atoms with van der Waals surface area (Å²) in [6, 6.07) is 2.83. The fourth-order valence-electron chi connectivity index (χ4n) is 0.745. The third-order valence-electron chi connectivity index (χ3n) is 1.26. The highest BCUT2D eigenvalue weighted by atomic mass is 35.5. The number of hydrogen-bond donors (Lipinski definition) is 2. The lowest BCUT2D eigenvalue weighted by Crippen LogP contribution is -1.84. The molecule has 11 heavy (non-hydrogen) atoms. The van der Waals surface area contributed by atoms with Crippen LogP contribution in [0.3, 0.4) is 0 Å². The van der Waals surface area contributed by atoms with E-state index in [1.54, 1.807) is 0 Å². The third-order valence-corrected chi connectivity index (χ3v) is 1.92. The maximum absolute atomic E-state index is 9.08. The van der Waals surface area contributed by atoms with Crippen molar-refractivity contribution in [2.45, 2.75) is 6.61 Å². The van der Waals surface area contributed by atoms with Gasteiger partial charge in [-0.2, -0.15) is 0 Å². The lowest BCUT2D eigenvalue weighted by molar-refractivity contribution is 0.281. The van der Waals surface area contributed by atoms with Gasteiger partial charge in [0.15, 0.2) is 0 Å². The molecule has 1 rings (SSSR count). The van der Waals surface area contributed by atoms with Crippen LogP contribution in [0.15, 0.2) is 12.1 Å². The number of halogens is 2. The van der Waals surface area contributed by atoms with Crippen LogP contribution in [0, 0.1) is 0 Å². The Kier molecular flexibility index (Phi) is 2.60. The van der Waals surface area contributed by atoms with Crippen molar-refractivity contribution >= 4 is 23.2 Å². The van der Waals surface area contributed by atoms with Gasteiger partial charge >= 0.3 is 0 Å². The molecule has 2 nitrogen and oxygen atoms in total. The number of hydrogen-bond acceptors (Lipinski definition) is 2. The molecule has 0 radical (unpaired) electrons. The summed E-state index contributed by atoms with van der Waals surface area (Å²) in [4.78, 5) is 0. The van der Waals surface area contributed by atoms with E-state index in [1.165, 1.54) is 12.1 Å². The second-order valence-corrected chi connectivity index (χ2v) is 2.87. The molecule has 0 amide bonds. The number of phenols is 1. The van der Waals surface area contributed by atoms with Gasteiger partial charge in [-0.3, -0.25) is 0 Å². The van der Waals surface area contributed by atoms with Crippen molar-refractivity contribution in [3.05, 3.63) is 27.7 Å². The van der Waals surface area contributed by atoms with Gasteiger partial charge in [-0.05, 0) is 6.07 Å². The molecule has 4 heteroatoms. The number of aromatic hydroxyl groups is 1. The van der Waals surface area contributed by atoms with Crippen molar-refractivity contribution in [2.24, 2.45) is 0 Å². The largest absolute Gasteiger partial charge is 0.506 e. The van der Waals surface area contributed by atoms with Crippen LogP contribution in [0.25, 0.3) is 0 Å². The first-order valence-electron chi connectivity index (χ1n) is 2.93. The highest BCUT2D eigenvalue weighted by Gasteiger charge is 2.05. The lowest BCUT2D eigenvalue weighted by atomic mass is 10.2. The van der Waals surface area contributed by atoms with E-state index in [0.29, 0.717) is 10.6 Å². The predicted molar refractivity (Wildman–Crippen MR) is 44.0 cm³/mol. The molecular weight excluding hydrogens is 187 g/mol. The summed E-state index contributed by atoms with van der Waals surface area (Å²) in [5.41, 5.74) is 0.427. The summed E-state index contributed by atoms with van der Waals surface area (Å²) in [5, 5.41) is 18.3. The van der Waals surface area contributed by atoms with Gasteiger partial charge in [0.05, 0.1) is 11.6 Å². The molecule has 0 bridgehead atoms. The highest BCUT2D eigenvalue weighted by Crippen LogP contribution is 2.30. The van der Waals surface area contributed by atoms with Gasteiger partial charge in [-0.15, -0.1) is 0 Å². The summed E-state index contributed by atoms with van der Waals surface area (Å²) in [6.45, 7) is -0.229. The average molecular weight is 193 g/mol. The van der Waals surface area contributed by atoms with E-state index in [1.807, 2.05) is 0 Å². The minimum Gasteiger partial charge on any atom is -0.506 e. The number of aliphatic hydroxyl groups is 1. The minimum absolute atomic E-state index is 0.108. The molecule has 0 aliphatic carbocycles. The highest BCUT2D eigenvalue weighted by molar-refractivity contribution is 6.34. The maximum atomic E-state index is 9.08. The molecule has 0 aliphatic heterocycles. The summed E-state index contributed by atoms with van der Waals surface area (Å²) in [6.07, 6.45) is 0. The molecule has 0 spiro atoms. The minimum atomic E-state index is -0.229. The Bertz CT molecular complexity index is 273. The van der Waals surface area contributed by atoms with E-state index >= 15 is 0 Å². The average Bonchev–Trinajstić information content (AvgIpc) is 1.96. The van der Waals surface area contributed by atoms with Gasteiger partial charge in [0.25, 0.3) is 0 Å². The van der Waals surface area contributed by atoms with Crippen LogP contribution in [0.5, 0.6) is 5.75 Å². The van der Waals surface area contributed by atoms with E-state index < -0.39 is 0 Å². The molecule has 0 aromatic heterocycles. The van der Waals surface area contributed by atoms with Gasteiger partial charge in [-0.1, -0.05) is 23.2 Å². The Morgan fingerprint density at radius 1 is 1.27 bits per heavy atom. The topological polar surface area (TPSA) is 40.5 Å². The fourth-order valence-corrected chi connectivity index (χ4v) is 1.15. The summed E-state index contributed by atoms with van der Waals surface area (Å²) < 4.78 is 0. The Labute approximate surface area is 74.0 Å². The van der Waals surface area contributed by atoms with Crippen molar-refractivity contribution in [3.8, 4) is 5.75 Å². The van der Waals surface area contributed by atoms with Crippen molar-refractivity contribution in [2.75, 3.05) is 0 Å². The van der Waals surface area contributed by atoms with Crippen molar-refractivity contribution in [3.63, 3.8) is 0 Å². The first-order valence-corrected chi connectivity index (χ1v) is 3.68. The predicted octanol–water partition coefficient (Wildman–Crippen LogP) is 2.19. The van der Waals surface area contributed by atoms with E-state index in [0.717, 1.165) is 0 Å². The molecule has 1 aromatic carbocycles. The summed E-state index contributed by atoms with van der Waals surface area (Å²) in [7, 11) is 0. The van der Waals surface area contributed by atoms with Crippen LogP contribution in [0.2, 0.25) is 10.0 Å². The summed E-state index contributed by atoms with van der Waals surface area (Å²) in [5.74, 6) is -0.108. The first-order chi connectivity index (χ1) is 5.15. The molecule has 0 unspecified atom stereocenters. The summed E-state index contributed by atoms with van der Waals surface area (Å²) >= 11 is 11.2. The molecule has 1 aromatic rings. The van der Waals surface area contributed by atoms with Crippen molar-refractivity contribution < 1.29 is 10.2 Å². The smallest absolute Gasteiger partial charge is 0.136 e. The third kappa shape index (κ3) is 1.77. The SMILES string of the molecule is OCc1cc(Cl)cc(O)c1Cl. The second kappa shape index (κ2) is 3.30. The number of aliphatic hydroxyl groups excluding tert-OH is 1. The lowest BCUT2D eigenvalue weighted by Gasteiger charge is -2.02. The van der Waals surface area contributed by atoms with Crippen molar-refractivity contribution in [1.82, 2.24) is 0 Å². The van der Waals surface area contributed by atoms with Gasteiger partial charge in [-0.25, -0.2) is 0 Å². The Morgan fingerprint density at radius 2 is 1.91 bits per heavy atom. The quantitative estimate of drug-likeness (QED) is 0.717. The number of phenolic OH excluding ortho intramolecular Hbond substituents is 1. The Balaban J connectivity index is 3.24. The first kappa shape index (κ1) is 8.65. The van der Waals surface area contributed by atoms with E-state index in [4.69, 9.17) is 33.4 Å². The molecule has 0 saturated heterocycles. The van der Waals surface area contributed by atoms with Crippen LogP contribution in [0.4, 0.5) is 0 Å². The monoisotopic (exact) mass is 192 g/mol. The van der Waals surface area contributed by atoms with Crippen LogP contribution >= 0.6 is 23.2 Å².